The molecule has 3 rings (SSSR count). The van der Waals surface area contributed by atoms with Crippen molar-refractivity contribution in [3.8, 4) is 11.5 Å². The van der Waals surface area contributed by atoms with Gasteiger partial charge in [0.2, 0.25) is 6.79 Å². The maximum atomic E-state index is 5.40. The second-order valence-corrected chi connectivity index (χ2v) is 6.91. The van der Waals surface area contributed by atoms with Crippen molar-refractivity contribution in [3.63, 3.8) is 0 Å². The largest absolute Gasteiger partial charge is 0.454 e. The third-order valence-corrected chi connectivity index (χ3v) is 4.52. The topological polar surface area (TPSA) is 21.7 Å². The van der Waals surface area contributed by atoms with Crippen LogP contribution in [0.3, 0.4) is 0 Å². The van der Waals surface area contributed by atoms with Crippen molar-refractivity contribution in [1.82, 2.24) is 4.90 Å². The van der Waals surface area contributed by atoms with Gasteiger partial charge in [0.15, 0.2) is 11.5 Å². The quantitative estimate of drug-likeness (QED) is 0.843. The van der Waals surface area contributed by atoms with Gasteiger partial charge < -0.3 is 9.47 Å². The number of benzene rings is 1. The van der Waals surface area contributed by atoms with E-state index in [4.69, 9.17) is 9.47 Å². The molecule has 0 N–H and O–H groups in total. The molecule has 1 aliphatic heterocycles. The molecule has 0 aliphatic carbocycles. The summed E-state index contributed by atoms with van der Waals surface area (Å²) in [7, 11) is 2.12. The predicted molar refractivity (Wildman–Crippen MR) is 79.8 cm³/mol. The fraction of sp³-hybridized carbons (Fsp3) is 0.286. The number of nitrogens with zero attached hydrogens (tertiary/aromatic N) is 1. The minimum atomic E-state index is 0.331. The van der Waals surface area contributed by atoms with Crippen LogP contribution in [0.4, 0.5) is 0 Å². The number of rotatable bonds is 4. The van der Waals surface area contributed by atoms with Crippen LogP contribution in [0.5, 0.6) is 11.5 Å². The van der Waals surface area contributed by atoms with Gasteiger partial charge in [0, 0.05) is 13.1 Å². The Morgan fingerprint density at radius 1 is 1.16 bits per heavy atom. The Morgan fingerprint density at radius 2 is 1.95 bits per heavy atom. The molecule has 2 heterocycles. The normalized spacial score (nSPS) is 13.2. The maximum Gasteiger partial charge on any atom is 0.231 e. The first-order chi connectivity index (χ1) is 9.20. The van der Waals surface area contributed by atoms with Gasteiger partial charge in [0.25, 0.3) is 0 Å². The van der Waals surface area contributed by atoms with Crippen molar-refractivity contribution in [2.24, 2.45) is 0 Å². The summed E-state index contributed by atoms with van der Waals surface area (Å²) in [6, 6.07) is 8.30. The van der Waals surface area contributed by atoms with Crippen molar-refractivity contribution in [3.05, 3.63) is 44.6 Å². The van der Waals surface area contributed by atoms with E-state index in [0.717, 1.165) is 24.6 Å². The average molecular weight is 340 g/mol. The lowest BCUT2D eigenvalue weighted by Gasteiger charge is -2.16. The summed E-state index contributed by atoms with van der Waals surface area (Å²) in [5, 5.41) is 2.18. The molecule has 0 atom stereocenters. The maximum absolute atomic E-state index is 5.40. The lowest BCUT2D eigenvalue weighted by atomic mass is 10.2. The summed E-state index contributed by atoms with van der Waals surface area (Å²) in [5.41, 5.74) is 2.57. The SMILES string of the molecule is CN(Cc1csc(Br)c1)Cc1ccc2c(c1)OCO2. The fourth-order valence-electron chi connectivity index (χ4n) is 2.15. The van der Waals surface area contributed by atoms with Gasteiger partial charge in [-0.05, 0) is 57.7 Å². The number of ether oxygens (including phenoxy) is 2. The Bertz CT molecular complexity index is 585. The zero-order valence-electron chi connectivity index (χ0n) is 10.6. The number of hydrogen-bond donors (Lipinski definition) is 0. The smallest absolute Gasteiger partial charge is 0.231 e. The van der Waals surface area contributed by atoms with Crippen LogP contribution in [0.25, 0.3) is 0 Å². The summed E-state index contributed by atoms with van der Waals surface area (Å²) < 4.78 is 11.9. The van der Waals surface area contributed by atoms with Crippen molar-refractivity contribution in [2.45, 2.75) is 13.1 Å². The van der Waals surface area contributed by atoms with Crippen LogP contribution < -0.4 is 9.47 Å². The molecule has 1 aromatic heterocycles. The molecule has 3 nitrogen and oxygen atoms in total. The minimum absolute atomic E-state index is 0.331. The highest BCUT2D eigenvalue weighted by atomic mass is 79.9. The fourth-order valence-corrected chi connectivity index (χ4v) is 3.35. The highest BCUT2D eigenvalue weighted by Crippen LogP contribution is 2.32. The second kappa shape index (κ2) is 5.53. The van der Waals surface area contributed by atoms with Gasteiger partial charge in [-0.1, -0.05) is 6.07 Å². The van der Waals surface area contributed by atoms with Crippen LogP contribution in [0, 0.1) is 0 Å². The van der Waals surface area contributed by atoms with Crippen LogP contribution in [0.1, 0.15) is 11.1 Å². The molecular weight excluding hydrogens is 326 g/mol. The minimum Gasteiger partial charge on any atom is -0.454 e. The van der Waals surface area contributed by atoms with E-state index in [1.807, 2.05) is 6.07 Å². The van der Waals surface area contributed by atoms with Gasteiger partial charge in [0.1, 0.15) is 0 Å². The van der Waals surface area contributed by atoms with Crippen LogP contribution >= 0.6 is 27.3 Å². The zero-order chi connectivity index (χ0) is 13.2. The van der Waals surface area contributed by atoms with Crippen LogP contribution in [0.2, 0.25) is 0 Å². The predicted octanol–water partition coefficient (Wildman–Crippen LogP) is 3.87. The van der Waals surface area contributed by atoms with E-state index < -0.39 is 0 Å². The van der Waals surface area contributed by atoms with E-state index in [2.05, 4.69) is 51.5 Å². The number of fused-ring (bicyclic) bond motifs is 1. The monoisotopic (exact) mass is 339 g/mol. The van der Waals surface area contributed by atoms with Gasteiger partial charge in [-0.2, -0.15) is 0 Å². The van der Waals surface area contributed by atoms with E-state index in [-0.39, 0.29) is 0 Å². The molecule has 0 bridgehead atoms. The van der Waals surface area contributed by atoms with E-state index in [0.29, 0.717) is 6.79 Å². The molecule has 0 saturated carbocycles. The Kier molecular flexibility index (Phi) is 3.77. The van der Waals surface area contributed by atoms with E-state index in [1.165, 1.54) is 14.9 Å². The highest BCUT2D eigenvalue weighted by Gasteiger charge is 2.13. The van der Waals surface area contributed by atoms with Gasteiger partial charge in [-0.3, -0.25) is 4.90 Å². The van der Waals surface area contributed by atoms with Gasteiger partial charge >= 0.3 is 0 Å². The standard InChI is InChI=1S/C14H14BrNO2S/c1-16(7-11-5-14(15)19-8-11)6-10-2-3-12-13(4-10)18-9-17-12/h2-5,8H,6-7,9H2,1H3. The molecule has 0 fully saturated rings. The van der Waals surface area contributed by atoms with Crippen molar-refractivity contribution in [1.29, 1.82) is 0 Å². The summed E-state index contributed by atoms with van der Waals surface area (Å²) in [6.07, 6.45) is 0. The third kappa shape index (κ3) is 3.11. The van der Waals surface area contributed by atoms with Gasteiger partial charge in [-0.25, -0.2) is 0 Å². The number of hydrogen-bond acceptors (Lipinski definition) is 4. The second-order valence-electron chi connectivity index (χ2n) is 4.62. The molecular formula is C14H14BrNO2S. The van der Waals surface area contributed by atoms with Crippen LogP contribution in [0.15, 0.2) is 33.4 Å². The Labute approximate surface area is 124 Å². The highest BCUT2D eigenvalue weighted by molar-refractivity contribution is 9.11. The summed E-state index contributed by atoms with van der Waals surface area (Å²) in [5.74, 6) is 1.69. The Balaban J connectivity index is 1.64. The summed E-state index contributed by atoms with van der Waals surface area (Å²) in [6.45, 7) is 2.16. The molecule has 19 heavy (non-hydrogen) atoms. The van der Waals surface area contributed by atoms with Crippen LogP contribution in [-0.2, 0) is 13.1 Å². The molecule has 0 saturated heterocycles. The zero-order valence-corrected chi connectivity index (χ0v) is 13.0. The molecule has 2 aromatic rings. The van der Waals surface area contributed by atoms with E-state index >= 15 is 0 Å². The van der Waals surface area contributed by atoms with Crippen LogP contribution in [-0.4, -0.2) is 18.7 Å². The summed E-state index contributed by atoms with van der Waals surface area (Å²) >= 11 is 5.21. The van der Waals surface area contributed by atoms with Gasteiger partial charge in [-0.15, -0.1) is 11.3 Å². The molecule has 0 radical (unpaired) electrons. The van der Waals surface area contributed by atoms with Crippen molar-refractivity contribution >= 4 is 27.3 Å². The molecule has 0 unspecified atom stereocenters. The molecule has 0 amide bonds. The Morgan fingerprint density at radius 3 is 2.74 bits per heavy atom. The van der Waals surface area contributed by atoms with E-state index in [9.17, 15) is 0 Å². The average Bonchev–Trinajstić information content (AvgIpc) is 2.97. The van der Waals surface area contributed by atoms with Gasteiger partial charge in [0.05, 0.1) is 3.79 Å². The van der Waals surface area contributed by atoms with E-state index in [1.54, 1.807) is 11.3 Å². The molecule has 1 aromatic carbocycles. The van der Waals surface area contributed by atoms with Crippen molar-refractivity contribution < 1.29 is 9.47 Å². The lowest BCUT2D eigenvalue weighted by Crippen LogP contribution is -2.16. The molecule has 1 aliphatic rings. The Hall–Kier alpha value is -1.04. The first-order valence-corrected chi connectivity index (χ1v) is 7.68. The number of halogens is 1. The first kappa shape index (κ1) is 13.0. The van der Waals surface area contributed by atoms with Crippen molar-refractivity contribution in [2.75, 3.05) is 13.8 Å². The first-order valence-electron chi connectivity index (χ1n) is 6.01. The molecule has 100 valence electrons. The summed E-state index contributed by atoms with van der Waals surface area (Å²) in [4.78, 5) is 2.28. The third-order valence-electron chi connectivity index (χ3n) is 2.96. The number of thiophene rings is 1. The molecule has 0 spiro atoms. The lowest BCUT2D eigenvalue weighted by molar-refractivity contribution is 0.174. The molecule has 5 heteroatoms.